The van der Waals surface area contributed by atoms with E-state index in [-0.39, 0.29) is 11.4 Å². The van der Waals surface area contributed by atoms with Crippen molar-refractivity contribution in [3.63, 3.8) is 0 Å². The summed E-state index contributed by atoms with van der Waals surface area (Å²) in [5.74, 6) is 0.0906. The van der Waals surface area contributed by atoms with Crippen molar-refractivity contribution in [2.75, 3.05) is 60.1 Å². The Balaban J connectivity index is 1.67. The van der Waals surface area contributed by atoms with Gasteiger partial charge < -0.3 is 19.7 Å². The minimum Gasteiger partial charge on any atom is -0.379 e. The van der Waals surface area contributed by atoms with Crippen LogP contribution in [0.15, 0.2) is 0 Å². The maximum Gasteiger partial charge on any atom is 0.252 e. The van der Waals surface area contributed by atoms with Crippen LogP contribution < -0.4 is 5.32 Å². The summed E-state index contributed by atoms with van der Waals surface area (Å²) in [4.78, 5) is 17.4. The Morgan fingerprint density at radius 2 is 1.77 bits per heavy atom. The van der Waals surface area contributed by atoms with Crippen LogP contribution in [0.5, 0.6) is 0 Å². The van der Waals surface area contributed by atoms with Gasteiger partial charge in [-0.05, 0) is 32.7 Å². The second kappa shape index (κ2) is 6.43. The number of carbonyl (C=O) groups is 1. The molecule has 2 saturated heterocycles. The van der Waals surface area contributed by atoms with E-state index >= 15 is 0 Å². The lowest BCUT2D eigenvalue weighted by Gasteiger charge is -2.45. The molecule has 3 rings (SSSR count). The molecule has 6 nitrogen and oxygen atoms in total. The van der Waals surface area contributed by atoms with Crippen molar-refractivity contribution in [1.82, 2.24) is 15.1 Å². The summed E-state index contributed by atoms with van der Waals surface area (Å²) in [6, 6.07) is 0. The second-order valence-corrected chi connectivity index (χ2v) is 7.12. The van der Waals surface area contributed by atoms with E-state index in [0.29, 0.717) is 0 Å². The zero-order chi connectivity index (χ0) is 15.6. The van der Waals surface area contributed by atoms with E-state index in [1.54, 1.807) is 7.11 Å². The summed E-state index contributed by atoms with van der Waals surface area (Å²) in [7, 11) is 3.80. The van der Waals surface area contributed by atoms with Gasteiger partial charge in [0, 0.05) is 39.8 Å². The molecule has 0 atom stereocenters. The number of ether oxygens (including phenoxy) is 2. The predicted octanol–water partition coefficient (Wildman–Crippen LogP) is 0.0782. The first-order valence-corrected chi connectivity index (χ1v) is 8.44. The summed E-state index contributed by atoms with van der Waals surface area (Å²) in [5.41, 5.74) is -0.656. The van der Waals surface area contributed by atoms with Gasteiger partial charge in [-0.15, -0.1) is 0 Å². The molecule has 0 aromatic rings. The molecule has 126 valence electrons. The van der Waals surface area contributed by atoms with Crippen LogP contribution in [0, 0.1) is 0 Å². The summed E-state index contributed by atoms with van der Waals surface area (Å²) in [5, 5.41) is 3.38. The fourth-order valence-electron chi connectivity index (χ4n) is 3.55. The molecule has 1 N–H and O–H groups in total. The highest BCUT2D eigenvalue weighted by Crippen LogP contribution is 2.40. The van der Waals surface area contributed by atoms with E-state index in [1.165, 1.54) is 0 Å². The summed E-state index contributed by atoms with van der Waals surface area (Å²) >= 11 is 0. The Morgan fingerprint density at radius 3 is 2.32 bits per heavy atom. The number of piperidine rings is 1. The highest BCUT2D eigenvalue weighted by molar-refractivity contribution is 5.88. The maximum absolute atomic E-state index is 12.7. The predicted molar refractivity (Wildman–Crippen MR) is 83.8 cm³/mol. The highest BCUT2D eigenvalue weighted by atomic mass is 16.5. The van der Waals surface area contributed by atoms with Crippen LogP contribution in [-0.2, 0) is 14.3 Å². The first-order chi connectivity index (χ1) is 10.6. The minimum absolute atomic E-state index is 0.0906. The number of hydrogen-bond donors (Lipinski definition) is 1. The van der Waals surface area contributed by atoms with Crippen molar-refractivity contribution in [1.29, 1.82) is 0 Å². The maximum atomic E-state index is 12.7. The molecular formula is C16H29N3O3. The molecule has 0 spiro atoms. The molecular weight excluding hydrogens is 282 g/mol. The third kappa shape index (κ3) is 3.45. The average Bonchev–Trinajstić information content (AvgIpc) is 3.33. The van der Waals surface area contributed by atoms with Crippen LogP contribution in [0.1, 0.15) is 25.7 Å². The van der Waals surface area contributed by atoms with Crippen molar-refractivity contribution < 1.29 is 14.3 Å². The first-order valence-electron chi connectivity index (χ1n) is 8.44. The smallest absolute Gasteiger partial charge is 0.252 e. The molecule has 0 aromatic carbocycles. The molecule has 22 heavy (non-hydrogen) atoms. The fourth-order valence-corrected chi connectivity index (χ4v) is 3.55. The quantitative estimate of drug-likeness (QED) is 0.779. The van der Waals surface area contributed by atoms with Crippen molar-refractivity contribution >= 4 is 5.91 Å². The Hall–Kier alpha value is -0.690. The summed E-state index contributed by atoms with van der Waals surface area (Å²) in [6.45, 7) is 6.51. The first kappa shape index (κ1) is 16.2. The molecule has 1 saturated carbocycles. The number of methoxy groups -OCH3 is 1. The zero-order valence-electron chi connectivity index (χ0n) is 13.9. The monoisotopic (exact) mass is 311 g/mol. The molecule has 1 aliphatic carbocycles. The van der Waals surface area contributed by atoms with Crippen molar-refractivity contribution in [3.8, 4) is 0 Å². The second-order valence-electron chi connectivity index (χ2n) is 7.12. The van der Waals surface area contributed by atoms with E-state index in [0.717, 1.165) is 71.6 Å². The zero-order valence-corrected chi connectivity index (χ0v) is 13.9. The van der Waals surface area contributed by atoms with Crippen molar-refractivity contribution in [2.45, 2.75) is 36.8 Å². The third-order valence-electron chi connectivity index (χ3n) is 5.46. The van der Waals surface area contributed by atoms with E-state index < -0.39 is 5.60 Å². The van der Waals surface area contributed by atoms with E-state index in [4.69, 9.17) is 9.47 Å². The van der Waals surface area contributed by atoms with Gasteiger partial charge in [-0.2, -0.15) is 0 Å². The average molecular weight is 311 g/mol. The minimum atomic E-state index is -0.540. The topological polar surface area (TPSA) is 54.0 Å². The lowest BCUT2D eigenvalue weighted by Crippen LogP contribution is -2.63. The molecule has 3 fully saturated rings. The Kier molecular flexibility index (Phi) is 4.73. The van der Waals surface area contributed by atoms with Crippen LogP contribution in [0.2, 0.25) is 0 Å². The van der Waals surface area contributed by atoms with Gasteiger partial charge in [0.15, 0.2) is 0 Å². The largest absolute Gasteiger partial charge is 0.379 e. The lowest BCUT2D eigenvalue weighted by molar-refractivity contribution is -0.136. The van der Waals surface area contributed by atoms with Gasteiger partial charge in [0.1, 0.15) is 5.60 Å². The summed E-state index contributed by atoms with van der Waals surface area (Å²) in [6.07, 6.45) is 3.71. The number of likely N-dealkylation sites (tertiary alicyclic amines) is 1. The number of rotatable bonds is 5. The summed E-state index contributed by atoms with van der Waals surface area (Å²) < 4.78 is 10.9. The van der Waals surface area contributed by atoms with Crippen LogP contribution in [0.4, 0.5) is 0 Å². The molecule has 1 amide bonds. The molecule has 2 heterocycles. The van der Waals surface area contributed by atoms with Crippen LogP contribution in [0.25, 0.3) is 0 Å². The Bertz CT molecular complexity index is 397. The van der Waals surface area contributed by atoms with E-state index in [2.05, 4.69) is 22.2 Å². The van der Waals surface area contributed by atoms with Gasteiger partial charge in [-0.3, -0.25) is 9.69 Å². The molecule has 0 aromatic heterocycles. The SMILES string of the molecule is COC1(C(=O)NC2(CN3CCOCC3)CCN(C)CC2)CC1. The third-order valence-corrected chi connectivity index (χ3v) is 5.46. The van der Waals surface area contributed by atoms with Crippen molar-refractivity contribution in [2.24, 2.45) is 0 Å². The van der Waals surface area contributed by atoms with Gasteiger partial charge in [-0.1, -0.05) is 0 Å². The number of nitrogens with one attached hydrogen (secondary N) is 1. The van der Waals surface area contributed by atoms with E-state index in [1.807, 2.05) is 0 Å². The lowest BCUT2D eigenvalue weighted by atomic mass is 9.86. The molecule has 0 bridgehead atoms. The number of carbonyl (C=O) groups excluding carboxylic acids is 1. The van der Waals surface area contributed by atoms with Crippen molar-refractivity contribution in [3.05, 3.63) is 0 Å². The fraction of sp³-hybridized carbons (Fsp3) is 0.938. The molecule has 0 unspecified atom stereocenters. The Labute approximate surface area is 133 Å². The van der Waals surface area contributed by atoms with Crippen LogP contribution >= 0.6 is 0 Å². The molecule has 2 aliphatic heterocycles. The highest BCUT2D eigenvalue weighted by Gasteiger charge is 2.52. The van der Waals surface area contributed by atoms with Gasteiger partial charge >= 0.3 is 0 Å². The molecule has 0 radical (unpaired) electrons. The van der Waals surface area contributed by atoms with E-state index in [9.17, 15) is 4.79 Å². The van der Waals surface area contributed by atoms with Gasteiger partial charge in [-0.25, -0.2) is 0 Å². The molecule has 3 aliphatic rings. The Morgan fingerprint density at radius 1 is 1.14 bits per heavy atom. The number of hydrogen-bond acceptors (Lipinski definition) is 5. The number of morpholine rings is 1. The number of amides is 1. The molecule has 6 heteroatoms. The number of nitrogens with zero attached hydrogens (tertiary/aromatic N) is 2. The van der Waals surface area contributed by atoms with Gasteiger partial charge in [0.05, 0.1) is 18.8 Å². The van der Waals surface area contributed by atoms with Crippen LogP contribution in [-0.4, -0.2) is 86.9 Å². The van der Waals surface area contributed by atoms with Crippen LogP contribution in [0.3, 0.4) is 0 Å². The van der Waals surface area contributed by atoms with Gasteiger partial charge in [0.25, 0.3) is 5.91 Å². The van der Waals surface area contributed by atoms with Gasteiger partial charge in [0.2, 0.25) is 0 Å². The normalized spacial score (nSPS) is 28.3. The standard InChI is InChI=1S/C16H29N3O3/c1-18-7-5-15(6-8-18,13-19-9-11-22-12-10-19)17-14(20)16(21-2)3-4-16/h3-13H2,1-2H3,(H,17,20).